The lowest BCUT2D eigenvalue weighted by molar-refractivity contribution is -0.131. The maximum absolute atomic E-state index is 13.0. The Morgan fingerprint density at radius 2 is 1.93 bits per heavy atom. The van der Waals surface area contributed by atoms with Crippen LogP contribution >= 0.6 is 0 Å². The summed E-state index contributed by atoms with van der Waals surface area (Å²) in [5, 5.41) is 9.23. The van der Waals surface area contributed by atoms with Gasteiger partial charge in [-0.3, -0.25) is 9.59 Å². The van der Waals surface area contributed by atoms with Gasteiger partial charge in [-0.05, 0) is 43.7 Å². The standard InChI is InChI=1S/C24H23N3O3/c1-16-8-10-18(11-9-16)21-14-22(23-7-4-12-30-23)27(26-21)24(29)15-25-20-6-3-5-19(13-20)17(2)28/h3-13,22,25H,14-15H2,1-2H3/t22-/m0/s1. The molecule has 0 fully saturated rings. The Morgan fingerprint density at radius 1 is 1.13 bits per heavy atom. The average molecular weight is 401 g/mol. The molecule has 1 aromatic heterocycles. The molecule has 0 spiro atoms. The van der Waals surface area contributed by atoms with E-state index in [-0.39, 0.29) is 24.3 Å². The van der Waals surface area contributed by atoms with Crippen LogP contribution < -0.4 is 5.32 Å². The minimum Gasteiger partial charge on any atom is -0.467 e. The van der Waals surface area contributed by atoms with E-state index in [0.29, 0.717) is 23.4 Å². The summed E-state index contributed by atoms with van der Waals surface area (Å²) < 4.78 is 5.58. The van der Waals surface area contributed by atoms with E-state index in [1.807, 2.05) is 49.4 Å². The predicted molar refractivity (Wildman–Crippen MR) is 116 cm³/mol. The van der Waals surface area contributed by atoms with Gasteiger partial charge in [-0.15, -0.1) is 0 Å². The molecule has 152 valence electrons. The van der Waals surface area contributed by atoms with Crippen LogP contribution in [0.25, 0.3) is 0 Å². The molecule has 0 saturated carbocycles. The summed E-state index contributed by atoms with van der Waals surface area (Å²) in [5.41, 5.74) is 4.33. The highest BCUT2D eigenvalue weighted by atomic mass is 16.3. The zero-order chi connectivity index (χ0) is 21.1. The molecule has 6 nitrogen and oxygen atoms in total. The summed E-state index contributed by atoms with van der Waals surface area (Å²) in [5.74, 6) is 0.509. The van der Waals surface area contributed by atoms with Gasteiger partial charge in [0.2, 0.25) is 0 Å². The molecule has 2 aromatic carbocycles. The largest absolute Gasteiger partial charge is 0.467 e. The van der Waals surface area contributed by atoms with E-state index < -0.39 is 0 Å². The van der Waals surface area contributed by atoms with Gasteiger partial charge in [-0.1, -0.05) is 42.0 Å². The Kier molecular flexibility index (Phi) is 5.48. The van der Waals surface area contributed by atoms with Crippen molar-refractivity contribution in [2.24, 2.45) is 5.10 Å². The van der Waals surface area contributed by atoms with E-state index in [2.05, 4.69) is 10.4 Å². The van der Waals surface area contributed by atoms with Crippen LogP contribution in [0.15, 0.2) is 76.4 Å². The number of furan rings is 1. The number of hydrogen-bond donors (Lipinski definition) is 1. The molecule has 0 unspecified atom stereocenters. The number of Topliss-reactive ketones (excluding diaryl/α,β-unsaturated/α-hetero) is 1. The van der Waals surface area contributed by atoms with Crippen molar-refractivity contribution in [3.05, 3.63) is 89.4 Å². The van der Waals surface area contributed by atoms with E-state index >= 15 is 0 Å². The van der Waals surface area contributed by atoms with E-state index in [0.717, 1.165) is 11.3 Å². The number of hydrogen-bond acceptors (Lipinski definition) is 5. The molecular weight excluding hydrogens is 378 g/mol. The fourth-order valence-corrected chi connectivity index (χ4v) is 3.47. The molecule has 30 heavy (non-hydrogen) atoms. The van der Waals surface area contributed by atoms with Gasteiger partial charge in [0, 0.05) is 17.7 Å². The Labute approximate surface area is 175 Å². The smallest absolute Gasteiger partial charge is 0.262 e. The van der Waals surface area contributed by atoms with Crippen LogP contribution in [0, 0.1) is 6.92 Å². The SMILES string of the molecule is CC(=O)c1cccc(NCC(=O)N2N=C(c3ccc(C)cc3)C[C@H]2c2ccco2)c1. The van der Waals surface area contributed by atoms with Gasteiger partial charge in [0.15, 0.2) is 5.78 Å². The molecule has 0 radical (unpaired) electrons. The topological polar surface area (TPSA) is 74.9 Å². The number of ketones is 1. The Morgan fingerprint density at radius 3 is 2.63 bits per heavy atom. The van der Waals surface area contributed by atoms with Gasteiger partial charge in [0.1, 0.15) is 11.8 Å². The molecule has 4 rings (SSSR count). The van der Waals surface area contributed by atoms with Crippen LogP contribution in [0.2, 0.25) is 0 Å². The van der Waals surface area contributed by atoms with Crippen molar-refractivity contribution in [1.29, 1.82) is 0 Å². The molecule has 1 atom stereocenters. The first-order valence-corrected chi connectivity index (χ1v) is 9.86. The summed E-state index contributed by atoms with van der Waals surface area (Å²) in [7, 11) is 0. The molecule has 1 aliphatic rings. The second-order valence-electron chi connectivity index (χ2n) is 7.38. The lowest BCUT2D eigenvalue weighted by Crippen LogP contribution is -2.32. The summed E-state index contributed by atoms with van der Waals surface area (Å²) in [4.78, 5) is 24.6. The van der Waals surface area contributed by atoms with Gasteiger partial charge in [-0.25, -0.2) is 5.01 Å². The molecule has 0 bridgehead atoms. The molecule has 0 aliphatic carbocycles. The van der Waals surface area contributed by atoms with Crippen LogP contribution in [-0.2, 0) is 4.79 Å². The first-order chi connectivity index (χ1) is 14.5. The summed E-state index contributed by atoms with van der Waals surface area (Å²) in [6.45, 7) is 3.61. The third-order valence-electron chi connectivity index (χ3n) is 5.14. The van der Waals surface area contributed by atoms with Crippen molar-refractivity contribution in [2.45, 2.75) is 26.3 Å². The normalized spacial score (nSPS) is 15.7. The fraction of sp³-hybridized carbons (Fsp3) is 0.208. The van der Waals surface area contributed by atoms with Crippen molar-refractivity contribution < 1.29 is 14.0 Å². The van der Waals surface area contributed by atoms with Gasteiger partial charge >= 0.3 is 0 Å². The number of nitrogens with one attached hydrogen (secondary N) is 1. The molecule has 0 saturated heterocycles. The molecule has 6 heteroatoms. The summed E-state index contributed by atoms with van der Waals surface area (Å²) in [6.07, 6.45) is 2.19. The minimum absolute atomic E-state index is 0.0188. The van der Waals surface area contributed by atoms with Gasteiger partial charge in [-0.2, -0.15) is 5.10 Å². The first kappa shape index (κ1) is 19.6. The second-order valence-corrected chi connectivity index (χ2v) is 7.38. The molecule has 3 aromatic rings. The van der Waals surface area contributed by atoms with Crippen LogP contribution in [-0.4, -0.2) is 29.0 Å². The minimum atomic E-state index is -0.283. The van der Waals surface area contributed by atoms with E-state index in [9.17, 15) is 9.59 Å². The lowest BCUT2D eigenvalue weighted by atomic mass is 10.0. The number of anilines is 1. The predicted octanol–water partition coefficient (Wildman–Crippen LogP) is 4.58. The molecule has 1 aliphatic heterocycles. The highest BCUT2D eigenvalue weighted by Gasteiger charge is 2.34. The number of nitrogens with zero attached hydrogens (tertiary/aromatic N) is 2. The van der Waals surface area contributed by atoms with E-state index in [1.165, 1.54) is 17.5 Å². The Bertz CT molecular complexity index is 1090. The second kappa shape index (κ2) is 8.37. The Hall–Kier alpha value is -3.67. The van der Waals surface area contributed by atoms with Gasteiger partial charge < -0.3 is 9.73 Å². The van der Waals surface area contributed by atoms with E-state index in [1.54, 1.807) is 24.5 Å². The average Bonchev–Trinajstić information content (AvgIpc) is 3.42. The molecular formula is C24H23N3O3. The molecule has 1 N–H and O–H groups in total. The van der Waals surface area contributed by atoms with Gasteiger partial charge in [0.05, 0.1) is 18.5 Å². The molecule has 1 amide bonds. The number of carbonyl (C=O) groups is 2. The van der Waals surface area contributed by atoms with Crippen molar-refractivity contribution in [3.63, 3.8) is 0 Å². The summed E-state index contributed by atoms with van der Waals surface area (Å²) >= 11 is 0. The maximum Gasteiger partial charge on any atom is 0.262 e. The van der Waals surface area contributed by atoms with Crippen LogP contribution in [0.3, 0.4) is 0 Å². The summed E-state index contributed by atoms with van der Waals surface area (Å²) in [6, 6.07) is 18.6. The highest BCUT2D eigenvalue weighted by Crippen LogP contribution is 2.33. The number of carbonyl (C=O) groups excluding carboxylic acids is 2. The zero-order valence-electron chi connectivity index (χ0n) is 17.0. The van der Waals surface area contributed by atoms with Gasteiger partial charge in [0.25, 0.3) is 5.91 Å². The number of benzene rings is 2. The zero-order valence-corrected chi connectivity index (χ0v) is 17.0. The number of hydrazone groups is 1. The Balaban J connectivity index is 1.54. The van der Waals surface area contributed by atoms with Crippen molar-refractivity contribution in [3.8, 4) is 0 Å². The van der Waals surface area contributed by atoms with Crippen molar-refractivity contribution in [1.82, 2.24) is 5.01 Å². The maximum atomic E-state index is 13.0. The highest BCUT2D eigenvalue weighted by molar-refractivity contribution is 6.03. The quantitative estimate of drug-likeness (QED) is 0.614. The number of amides is 1. The number of rotatable bonds is 6. The molecule has 2 heterocycles. The van der Waals surface area contributed by atoms with Crippen LogP contribution in [0.4, 0.5) is 5.69 Å². The third-order valence-corrected chi connectivity index (χ3v) is 5.14. The number of aryl methyl sites for hydroxylation is 1. The monoisotopic (exact) mass is 401 g/mol. The fourth-order valence-electron chi connectivity index (χ4n) is 3.47. The van der Waals surface area contributed by atoms with Crippen LogP contribution in [0.1, 0.15) is 46.6 Å². The first-order valence-electron chi connectivity index (χ1n) is 9.86. The van der Waals surface area contributed by atoms with E-state index in [4.69, 9.17) is 4.42 Å². The lowest BCUT2D eigenvalue weighted by Gasteiger charge is -2.20. The third kappa shape index (κ3) is 4.17. The van der Waals surface area contributed by atoms with Crippen molar-refractivity contribution >= 4 is 23.1 Å². The van der Waals surface area contributed by atoms with Crippen molar-refractivity contribution in [2.75, 3.05) is 11.9 Å². The van der Waals surface area contributed by atoms with Crippen LogP contribution in [0.5, 0.6) is 0 Å².